The van der Waals surface area contributed by atoms with Crippen molar-refractivity contribution < 1.29 is 23.6 Å². The fourth-order valence-electron chi connectivity index (χ4n) is 3.23. The van der Waals surface area contributed by atoms with Gasteiger partial charge in [0.1, 0.15) is 18.1 Å². The lowest BCUT2D eigenvalue weighted by Crippen LogP contribution is -2.36. The van der Waals surface area contributed by atoms with Crippen molar-refractivity contribution in [1.29, 1.82) is 0 Å². The van der Waals surface area contributed by atoms with Gasteiger partial charge in [0.2, 0.25) is 5.91 Å². The zero-order valence-electron chi connectivity index (χ0n) is 18.3. The molecule has 0 saturated carbocycles. The van der Waals surface area contributed by atoms with Crippen LogP contribution < -0.4 is 5.32 Å². The first-order valence-corrected chi connectivity index (χ1v) is 11.4. The first kappa shape index (κ1) is 23.5. The molecule has 1 N–H and O–H groups in total. The van der Waals surface area contributed by atoms with Crippen LogP contribution in [0.5, 0.6) is 0 Å². The van der Waals surface area contributed by atoms with Crippen molar-refractivity contribution in [3.05, 3.63) is 81.4 Å². The molecule has 172 valence electrons. The smallest absolute Gasteiger partial charge is 0.294 e. The number of nitrogens with zero attached hydrogens (tertiary/aromatic N) is 1. The van der Waals surface area contributed by atoms with E-state index in [2.05, 4.69) is 5.32 Å². The van der Waals surface area contributed by atoms with E-state index in [9.17, 15) is 19.2 Å². The summed E-state index contributed by atoms with van der Waals surface area (Å²) < 4.78 is 5.78. The molecule has 0 radical (unpaired) electrons. The lowest BCUT2D eigenvalue weighted by molar-refractivity contribution is -0.127. The lowest BCUT2D eigenvalue weighted by Gasteiger charge is -2.12. The van der Waals surface area contributed by atoms with Crippen molar-refractivity contribution in [3.63, 3.8) is 0 Å². The van der Waals surface area contributed by atoms with Crippen molar-refractivity contribution in [2.24, 2.45) is 0 Å². The van der Waals surface area contributed by atoms with Crippen LogP contribution >= 0.6 is 23.4 Å². The highest BCUT2D eigenvalue weighted by molar-refractivity contribution is 8.18. The fourth-order valence-corrected chi connectivity index (χ4v) is 4.23. The number of ketones is 1. The van der Waals surface area contributed by atoms with E-state index in [4.69, 9.17) is 16.0 Å². The number of rotatable bonds is 6. The topological polar surface area (TPSA) is 96.7 Å². The first-order chi connectivity index (χ1) is 16.2. The van der Waals surface area contributed by atoms with Crippen LogP contribution in [0.4, 0.5) is 10.5 Å². The summed E-state index contributed by atoms with van der Waals surface area (Å²) in [4.78, 5) is 49.9. The molecule has 1 fully saturated rings. The van der Waals surface area contributed by atoms with Crippen molar-refractivity contribution in [2.45, 2.75) is 13.8 Å². The van der Waals surface area contributed by atoms with Crippen LogP contribution in [-0.2, 0) is 9.59 Å². The first-order valence-electron chi connectivity index (χ1n) is 10.2. The third-order valence-corrected chi connectivity index (χ3v) is 6.42. The van der Waals surface area contributed by atoms with Gasteiger partial charge >= 0.3 is 0 Å². The second-order valence-corrected chi connectivity index (χ2v) is 9.02. The van der Waals surface area contributed by atoms with Gasteiger partial charge < -0.3 is 9.73 Å². The van der Waals surface area contributed by atoms with Crippen LogP contribution in [0.2, 0.25) is 5.02 Å². The molecule has 1 aromatic heterocycles. The number of amides is 3. The van der Waals surface area contributed by atoms with Crippen LogP contribution in [-0.4, -0.2) is 34.3 Å². The molecule has 1 aliphatic heterocycles. The average Bonchev–Trinajstić information content (AvgIpc) is 3.37. The lowest BCUT2D eigenvalue weighted by atomic mass is 10.1. The molecule has 34 heavy (non-hydrogen) atoms. The van der Waals surface area contributed by atoms with E-state index in [0.717, 1.165) is 27.8 Å². The Morgan fingerprint density at radius 3 is 2.50 bits per heavy atom. The Kier molecular flexibility index (Phi) is 6.72. The molecule has 2 aromatic carbocycles. The molecule has 9 heteroatoms. The maximum atomic E-state index is 12.7. The van der Waals surface area contributed by atoms with E-state index < -0.39 is 23.6 Å². The van der Waals surface area contributed by atoms with E-state index >= 15 is 0 Å². The number of benzene rings is 2. The molecule has 4 rings (SSSR count). The van der Waals surface area contributed by atoms with Crippen molar-refractivity contribution in [3.8, 4) is 11.3 Å². The molecular formula is C25H19ClN2O5S. The molecule has 7 nitrogen and oxygen atoms in total. The largest absolute Gasteiger partial charge is 0.457 e. The highest BCUT2D eigenvalue weighted by Gasteiger charge is 2.36. The van der Waals surface area contributed by atoms with Gasteiger partial charge in [0.05, 0.1) is 4.91 Å². The number of hydrogen-bond donors (Lipinski definition) is 1. The number of carbonyl (C=O) groups excluding carboxylic acids is 4. The third kappa shape index (κ3) is 5.13. The predicted molar refractivity (Wildman–Crippen MR) is 132 cm³/mol. The molecule has 0 unspecified atom stereocenters. The van der Waals surface area contributed by atoms with Crippen LogP contribution in [0, 0.1) is 6.92 Å². The van der Waals surface area contributed by atoms with Crippen molar-refractivity contribution >= 4 is 58.0 Å². The molecule has 3 amide bonds. The normalized spacial score (nSPS) is 14.7. The van der Waals surface area contributed by atoms with E-state index in [-0.39, 0.29) is 10.7 Å². The summed E-state index contributed by atoms with van der Waals surface area (Å²) in [5.41, 5.74) is 2.71. The summed E-state index contributed by atoms with van der Waals surface area (Å²) in [7, 11) is 0. The Bertz CT molecular complexity index is 1340. The van der Waals surface area contributed by atoms with Gasteiger partial charge in [-0.1, -0.05) is 41.9 Å². The molecular weight excluding hydrogens is 476 g/mol. The summed E-state index contributed by atoms with van der Waals surface area (Å²) in [5, 5.41) is 2.59. The standard InChI is InChI=1S/C25H19ClN2O5S/c1-14-3-8-18(11-20(14)26)27-23(30)13-28-24(31)22(34-25(28)32)12-19-9-10-21(33-19)17-6-4-16(5-7-17)15(2)29/h3-12H,13H2,1-2H3,(H,27,30)/b22-12+. The van der Waals surface area contributed by atoms with Crippen LogP contribution in [0.25, 0.3) is 17.4 Å². The number of Topliss-reactive ketones (excluding diaryl/α,β-unsaturated/α-hetero) is 1. The van der Waals surface area contributed by atoms with Gasteiger partial charge in [0.25, 0.3) is 11.1 Å². The minimum atomic E-state index is -0.573. The van der Waals surface area contributed by atoms with Gasteiger partial charge in [-0.2, -0.15) is 0 Å². The second-order valence-electron chi connectivity index (χ2n) is 7.62. The summed E-state index contributed by atoms with van der Waals surface area (Å²) in [5.74, 6) is -0.182. The molecule has 0 bridgehead atoms. The van der Waals surface area contributed by atoms with Gasteiger partial charge in [-0.3, -0.25) is 24.1 Å². The van der Waals surface area contributed by atoms with Gasteiger partial charge in [-0.25, -0.2) is 0 Å². The van der Waals surface area contributed by atoms with E-state index in [0.29, 0.717) is 27.8 Å². The molecule has 0 aliphatic carbocycles. The molecule has 1 saturated heterocycles. The number of anilines is 1. The van der Waals surface area contributed by atoms with Crippen LogP contribution in [0.1, 0.15) is 28.6 Å². The zero-order chi connectivity index (χ0) is 24.4. The predicted octanol–water partition coefficient (Wildman–Crippen LogP) is 5.79. The quantitative estimate of drug-likeness (QED) is 0.344. The highest BCUT2D eigenvalue weighted by atomic mass is 35.5. The highest BCUT2D eigenvalue weighted by Crippen LogP contribution is 2.33. The monoisotopic (exact) mass is 494 g/mol. The number of imide groups is 1. The maximum absolute atomic E-state index is 12.7. The fraction of sp³-hybridized carbons (Fsp3) is 0.120. The Morgan fingerprint density at radius 2 is 1.82 bits per heavy atom. The zero-order valence-corrected chi connectivity index (χ0v) is 19.8. The summed E-state index contributed by atoms with van der Waals surface area (Å²) in [6.07, 6.45) is 1.47. The maximum Gasteiger partial charge on any atom is 0.294 e. The Labute approximate surface area is 204 Å². The second kappa shape index (κ2) is 9.70. The van der Waals surface area contributed by atoms with Gasteiger partial charge in [-0.15, -0.1) is 0 Å². The van der Waals surface area contributed by atoms with Crippen LogP contribution in [0.15, 0.2) is 63.9 Å². The summed E-state index contributed by atoms with van der Waals surface area (Å²) in [6.45, 7) is 2.92. The third-order valence-electron chi connectivity index (χ3n) is 5.11. The SMILES string of the molecule is CC(=O)c1ccc(-c2ccc(/C=C3/SC(=O)N(CC(=O)Nc4ccc(C)c(Cl)c4)C3=O)o2)cc1. The minimum absolute atomic E-state index is 0.0289. The molecule has 3 aromatic rings. The van der Waals surface area contributed by atoms with Gasteiger partial charge in [0.15, 0.2) is 5.78 Å². The molecule has 1 aliphatic rings. The van der Waals surface area contributed by atoms with Gasteiger partial charge in [-0.05, 0) is 55.4 Å². The number of aryl methyl sites for hydroxylation is 1. The number of carbonyl (C=O) groups is 4. The van der Waals surface area contributed by atoms with Gasteiger partial charge in [0, 0.05) is 27.9 Å². The summed E-state index contributed by atoms with van der Waals surface area (Å²) in [6, 6.07) is 15.4. The summed E-state index contributed by atoms with van der Waals surface area (Å²) >= 11 is 6.81. The Hall–Kier alpha value is -3.62. The van der Waals surface area contributed by atoms with Crippen molar-refractivity contribution in [2.75, 3.05) is 11.9 Å². The van der Waals surface area contributed by atoms with Crippen LogP contribution in [0.3, 0.4) is 0 Å². The number of thioether (sulfide) groups is 1. The number of furan rings is 1. The number of hydrogen-bond acceptors (Lipinski definition) is 6. The number of halogens is 1. The van der Waals surface area contributed by atoms with E-state index in [1.54, 1.807) is 54.6 Å². The minimum Gasteiger partial charge on any atom is -0.457 e. The molecule has 2 heterocycles. The molecule has 0 atom stereocenters. The average molecular weight is 495 g/mol. The Balaban J connectivity index is 1.44. The van der Waals surface area contributed by atoms with Crippen molar-refractivity contribution in [1.82, 2.24) is 4.90 Å². The van der Waals surface area contributed by atoms with E-state index in [1.165, 1.54) is 13.0 Å². The Morgan fingerprint density at radius 1 is 1.09 bits per heavy atom. The van der Waals surface area contributed by atoms with E-state index in [1.807, 2.05) is 6.92 Å². The number of nitrogens with one attached hydrogen (secondary N) is 1. The molecule has 0 spiro atoms.